The molecule has 4 nitrogen and oxygen atoms in total. The van der Waals surface area contributed by atoms with Crippen molar-refractivity contribution in [3.05, 3.63) is 16.6 Å². The molecule has 2 heterocycles. The molecule has 0 aliphatic carbocycles. The number of ether oxygens (including phenoxy) is 1. The number of nitrogens with one attached hydrogen (secondary N) is 1. The molecule has 0 amide bonds. The van der Waals surface area contributed by atoms with Crippen LogP contribution in [0.2, 0.25) is 0 Å². The molecule has 1 aromatic heterocycles. The minimum atomic E-state index is 0. The average molecular weight is 345 g/mol. The molecule has 0 radical (unpaired) electrons. The monoisotopic (exact) mass is 343 g/mol. The summed E-state index contributed by atoms with van der Waals surface area (Å²) in [6.45, 7) is 4.02. The van der Waals surface area contributed by atoms with Crippen molar-refractivity contribution < 1.29 is 4.74 Å². The van der Waals surface area contributed by atoms with Gasteiger partial charge in [-0.25, -0.2) is 0 Å². The third-order valence-corrected chi connectivity index (χ3v) is 3.04. The second-order valence-electron chi connectivity index (χ2n) is 3.40. The topological polar surface area (TPSA) is 37.4 Å². The van der Waals surface area contributed by atoms with Crippen LogP contribution in [0, 0.1) is 0 Å². The largest absolute Gasteiger partial charge is 0.480 e. The Morgan fingerprint density at radius 1 is 1.29 bits per heavy atom. The van der Waals surface area contributed by atoms with Gasteiger partial charge in [-0.15, -0.1) is 24.8 Å². The highest BCUT2D eigenvalue weighted by molar-refractivity contribution is 9.10. The first-order chi connectivity index (χ1) is 7.31. The van der Waals surface area contributed by atoms with E-state index in [2.05, 4.69) is 31.1 Å². The lowest BCUT2D eigenvalue weighted by atomic mass is 10.3. The van der Waals surface area contributed by atoms with Crippen molar-refractivity contribution >= 4 is 46.6 Å². The third-order valence-electron chi connectivity index (χ3n) is 2.43. The molecule has 2 rings (SSSR count). The zero-order valence-corrected chi connectivity index (χ0v) is 12.7. The number of hydrogen-bond acceptors (Lipinski definition) is 4. The molecule has 0 atom stereocenters. The Morgan fingerprint density at radius 3 is 2.53 bits per heavy atom. The molecule has 0 saturated carbocycles. The number of aromatic nitrogens is 1. The van der Waals surface area contributed by atoms with Crippen LogP contribution in [-0.4, -0.2) is 38.3 Å². The first-order valence-corrected chi connectivity index (χ1v) is 5.77. The fourth-order valence-electron chi connectivity index (χ4n) is 1.63. The SMILES string of the molecule is COc1nc(N2CCNCC2)ccc1Br.Cl.Cl. The maximum Gasteiger partial charge on any atom is 0.229 e. The summed E-state index contributed by atoms with van der Waals surface area (Å²) in [5, 5.41) is 3.31. The van der Waals surface area contributed by atoms with Gasteiger partial charge < -0.3 is 15.0 Å². The minimum Gasteiger partial charge on any atom is -0.480 e. The highest BCUT2D eigenvalue weighted by Crippen LogP contribution is 2.25. The molecule has 1 aliphatic rings. The lowest BCUT2D eigenvalue weighted by Crippen LogP contribution is -2.43. The van der Waals surface area contributed by atoms with Crippen molar-refractivity contribution in [1.29, 1.82) is 0 Å². The van der Waals surface area contributed by atoms with Gasteiger partial charge in [-0.05, 0) is 28.1 Å². The summed E-state index contributed by atoms with van der Waals surface area (Å²) in [7, 11) is 1.63. The predicted octanol–water partition coefficient (Wildman–Crippen LogP) is 2.11. The Balaban J connectivity index is 0.00000128. The van der Waals surface area contributed by atoms with Crippen LogP contribution in [0.4, 0.5) is 5.82 Å². The number of halogens is 3. The average Bonchev–Trinajstić information content (AvgIpc) is 2.31. The van der Waals surface area contributed by atoms with Crippen LogP contribution in [0.3, 0.4) is 0 Å². The van der Waals surface area contributed by atoms with Crippen LogP contribution in [0.25, 0.3) is 0 Å². The van der Waals surface area contributed by atoms with Crippen molar-refractivity contribution in [2.24, 2.45) is 0 Å². The summed E-state index contributed by atoms with van der Waals surface area (Å²) in [6.07, 6.45) is 0. The number of pyridine rings is 1. The van der Waals surface area contributed by atoms with Crippen molar-refractivity contribution in [3.8, 4) is 5.88 Å². The zero-order chi connectivity index (χ0) is 10.7. The molecule has 0 aromatic carbocycles. The zero-order valence-electron chi connectivity index (χ0n) is 9.48. The van der Waals surface area contributed by atoms with Gasteiger partial charge in [0.15, 0.2) is 0 Å². The van der Waals surface area contributed by atoms with E-state index in [1.165, 1.54) is 0 Å². The van der Waals surface area contributed by atoms with Crippen LogP contribution in [0.1, 0.15) is 0 Å². The van der Waals surface area contributed by atoms with Crippen molar-refractivity contribution in [1.82, 2.24) is 10.3 Å². The number of nitrogens with zero attached hydrogens (tertiary/aromatic N) is 2. The molecule has 17 heavy (non-hydrogen) atoms. The third kappa shape index (κ3) is 4.17. The molecule has 0 unspecified atom stereocenters. The van der Waals surface area contributed by atoms with Gasteiger partial charge in [0.2, 0.25) is 5.88 Å². The molecule has 0 bridgehead atoms. The van der Waals surface area contributed by atoms with E-state index in [1.807, 2.05) is 12.1 Å². The summed E-state index contributed by atoms with van der Waals surface area (Å²) in [5.74, 6) is 1.63. The van der Waals surface area contributed by atoms with E-state index >= 15 is 0 Å². The van der Waals surface area contributed by atoms with E-state index < -0.39 is 0 Å². The second kappa shape index (κ2) is 7.97. The molecule has 7 heteroatoms. The second-order valence-corrected chi connectivity index (χ2v) is 4.25. The number of hydrogen-bond donors (Lipinski definition) is 1. The van der Waals surface area contributed by atoms with Gasteiger partial charge in [0.05, 0.1) is 11.6 Å². The van der Waals surface area contributed by atoms with Crippen molar-refractivity contribution in [3.63, 3.8) is 0 Å². The lowest BCUT2D eigenvalue weighted by Gasteiger charge is -2.28. The molecule has 1 aromatic rings. The van der Waals surface area contributed by atoms with Crippen LogP contribution in [-0.2, 0) is 0 Å². The van der Waals surface area contributed by atoms with Gasteiger partial charge in [0, 0.05) is 26.2 Å². The molecule has 0 spiro atoms. The van der Waals surface area contributed by atoms with E-state index in [0.717, 1.165) is 36.5 Å². The maximum absolute atomic E-state index is 5.18. The maximum atomic E-state index is 5.18. The Bertz CT molecular complexity index is 348. The summed E-state index contributed by atoms with van der Waals surface area (Å²) in [6, 6.07) is 3.99. The highest BCUT2D eigenvalue weighted by Gasteiger charge is 2.13. The number of anilines is 1. The molecule has 1 saturated heterocycles. The fourth-order valence-corrected chi connectivity index (χ4v) is 2.01. The predicted molar refractivity (Wildman–Crippen MR) is 78.1 cm³/mol. The molecule has 1 N–H and O–H groups in total. The van der Waals surface area contributed by atoms with Crippen LogP contribution >= 0.6 is 40.7 Å². The summed E-state index contributed by atoms with van der Waals surface area (Å²) in [4.78, 5) is 6.70. The molecular formula is C10H16BrCl2N3O. The van der Waals surface area contributed by atoms with Gasteiger partial charge in [0.25, 0.3) is 0 Å². The minimum absolute atomic E-state index is 0. The van der Waals surface area contributed by atoms with E-state index in [-0.39, 0.29) is 24.8 Å². The molecule has 1 aliphatic heterocycles. The number of rotatable bonds is 2. The van der Waals surface area contributed by atoms with Gasteiger partial charge >= 0.3 is 0 Å². The Kier molecular flexibility index (Phi) is 7.87. The van der Waals surface area contributed by atoms with Gasteiger partial charge in [-0.2, -0.15) is 4.98 Å². The van der Waals surface area contributed by atoms with Crippen LogP contribution in [0.5, 0.6) is 5.88 Å². The van der Waals surface area contributed by atoms with Gasteiger partial charge in [-0.3, -0.25) is 0 Å². The first kappa shape index (κ1) is 16.8. The lowest BCUT2D eigenvalue weighted by molar-refractivity contribution is 0.394. The van der Waals surface area contributed by atoms with Crippen LogP contribution < -0.4 is 15.0 Å². The smallest absolute Gasteiger partial charge is 0.229 e. The van der Waals surface area contributed by atoms with Gasteiger partial charge in [0.1, 0.15) is 5.82 Å². The standard InChI is InChI=1S/C10H14BrN3O.2ClH/c1-15-10-8(11)2-3-9(13-10)14-6-4-12-5-7-14;;/h2-3,12H,4-7H2,1H3;2*1H. The Morgan fingerprint density at radius 2 is 1.94 bits per heavy atom. The summed E-state index contributed by atoms with van der Waals surface area (Å²) < 4.78 is 6.07. The first-order valence-electron chi connectivity index (χ1n) is 4.97. The Hall–Kier alpha value is -0.230. The van der Waals surface area contributed by atoms with E-state index in [4.69, 9.17) is 4.74 Å². The van der Waals surface area contributed by atoms with Gasteiger partial charge in [-0.1, -0.05) is 0 Å². The molecule has 98 valence electrons. The fraction of sp³-hybridized carbons (Fsp3) is 0.500. The van der Waals surface area contributed by atoms with E-state index in [0.29, 0.717) is 5.88 Å². The van der Waals surface area contributed by atoms with Crippen LogP contribution in [0.15, 0.2) is 16.6 Å². The normalized spacial score (nSPS) is 14.6. The highest BCUT2D eigenvalue weighted by atomic mass is 79.9. The molecular weight excluding hydrogens is 329 g/mol. The van der Waals surface area contributed by atoms with Crippen molar-refractivity contribution in [2.45, 2.75) is 0 Å². The quantitative estimate of drug-likeness (QED) is 0.891. The van der Waals surface area contributed by atoms with Crippen molar-refractivity contribution in [2.75, 3.05) is 38.2 Å². The van der Waals surface area contributed by atoms with E-state index in [9.17, 15) is 0 Å². The van der Waals surface area contributed by atoms with E-state index in [1.54, 1.807) is 7.11 Å². The summed E-state index contributed by atoms with van der Waals surface area (Å²) in [5.41, 5.74) is 0. The molecule has 1 fully saturated rings. The number of piperazine rings is 1. The number of methoxy groups -OCH3 is 1. The Labute approximate surface area is 122 Å². The summed E-state index contributed by atoms with van der Waals surface area (Å²) >= 11 is 3.40.